The fourth-order valence-corrected chi connectivity index (χ4v) is 5.55. The number of benzene rings is 2. The van der Waals surface area contributed by atoms with Gasteiger partial charge in [-0.05, 0) is 36.9 Å². The maximum atomic E-state index is 13.3. The van der Waals surface area contributed by atoms with Crippen LogP contribution in [-0.2, 0) is 20.7 Å². The fraction of sp³-hybridized carbons (Fsp3) is 0.290. The zero-order chi connectivity index (χ0) is 28.5. The summed E-state index contributed by atoms with van der Waals surface area (Å²) in [5.41, 5.74) is 5.12. The number of aromatic nitrogens is 1. The van der Waals surface area contributed by atoms with E-state index in [9.17, 15) is 14.4 Å². The highest BCUT2D eigenvalue weighted by Crippen LogP contribution is 2.38. The van der Waals surface area contributed by atoms with Gasteiger partial charge in [0.05, 0.1) is 47.6 Å². The SMILES string of the molecule is COC(=O)c1ccc2c(c1)NC(=O)/C2=C(\Nc1ccc2c(n1)CCN2C(=O)CN1CCN(C)CC1)c1ccccc1. The number of hydrogen-bond acceptors (Lipinski definition) is 8. The van der Waals surface area contributed by atoms with Gasteiger partial charge in [0, 0.05) is 44.7 Å². The molecule has 0 radical (unpaired) electrons. The molecule has 1 saturated heterocycles. The molecule has 10 heteroatoms. The summed E-state index contributed by atoms with van der Waals surface area (Å²) < 4.78 is 4.83. The number of carbonyl (C=O) groups excluding carboxylic acids is 3. The summed E-state index contributed by atoms with van der Waals surface area (Å²) in [6.07, 6.45) is 0.663. The average molecular weight is 553 g/mol. The van der Waals surface area contributed by atoms with E-state index in [4.69, 9.17) is 9.72 Å². The highest BCUT2D eigenvalue weighted by molar-refractivity contribution is 6.37. The quantitative estimate of drug-likeness (QED) is 0.355. The Morgan fingerprint density at radius 2 is 1.76 bits per heavy atom. The molecule has 2 aromatic carbocycles. The van der Waals surface area contributed by atoms with Crippen LogP contribution in [0.25, 0.3) is 11.3 Å². The van der Waals surface area contributed by atoms with Gasteiger partial charge in [0.2, 0.25) is 5.91 Å². The lowest BCUT2D eigenvalue weighted by Gasteiger charge is -2.32. The molecule has 0 atom stereocenters. The molecule has 0 bridgehead atoms. The predicted octanol–water partition coefficient (Wildman–Crippen LogP) is 2.94. The molecular formula is C31H32N6O4. The van der Waals surface area contributed by atoms with Crippen molar-refractivity contribution < 1.29 is 19.1 Å². The smallest absolute Gasteiger partial charge is 0.337 e. The van der Waals surface area contributed by atoms with Crippen LogP contribution in [0.3, 0.4) is 0 Å². The predicted molar refractivity (Wildman–Crippen MR) is 158 cm³/mol. The zero-order valence-corrected chi connectivity index (χ0v) is 23.1. The van der Waals surface area contributed by atoms with E-state index in [-0.39, 0.29) is 11.8 Å². The largest absolute Gasteiger partial charge is 0.465 e. The first-order valence-corrected chi connectivity index (χ1v) is 13.7. The summed E-state index contributed by atoms with van der Waals surface area (Å²) in [7, 11) is 3.42. The minimum Gasteiger partial charge on any atom is -0.465 e. The van der Waals surface area contributed by atoms with Crippen molar-refractivity contribution in [2.24, 2.45) is 0 Å². The molecule has 4 heterocycles. The van der Waals surface area contributed by atoms with Crippen LogP contribution >= 0.6 is 0 Å². The van der Waals surface area contributed by atoms with E-state index in [1.807, 2.05) is 47.4 Å². The molecular weight excluding hydrogens is 520 g/mol. The number of pyridine rings is 1. The van der Waals surface area contributed by atoms with Gasteiger partial charge >= 0.3 is 5.97 Å². The van der Waals surface area contributed by atoms with Gasteiger partial charge in [-0.2, -0.15) is 0 Å². The highest BCUT2D eigenvalue weighted by atomic mass is 16.5. The first-order valence-electron chi connectivity index (χ1n) is 13.7. The van der Waals surface area contributed by atoms with Crippen molar-refractivity contribution in [1.29, 1.82) is 0 Å². The van der Waals surface area contributed by atoms with Crippen LogP contribution in [0.4, 0.5) is 17.2 Å². The van der Waals surface area contributed by atoms with Crippen molar-refractivity contribution in [2.45, 2.75) is 6.42 Å². The summed E-state index contributed by atoms with van der Waals surface area (Å²) in [4.78, 5) is 49.7. The molecule has 2 amide bonds. The van der Waals surface area contributed by atoms with Gasteiger partial charge in [-0.25, -0.2) is 9.78 Å². The lowest BCUT2D eigenvalue weighted by atomic mass is 9.99. The van der Waals surface area contributed by atoms with Crippen molar-refractivity contribution in [2.75, 3.05) is 69.0 Å². The molecule has 3 aromatic rings. The molecule has 0 aliphatic carbocycles. The summed E-state index contributed by atoms with van der Waals surface area (Å²) in [6, 6.07) is 18.4. The van der Waals surface area contributed by atoms with Crippen LogP contribution in [0, 0.1) is 0 Å². The van der Waals surface area contributed by atoms with Gasteiger partial charge in [-0.15, -0.1) is 0 Å². The number of methoxy groups -OCH3 is 1. The summed E-state index contributed by atoms with van der Waals surface area (Å²) in [5.74, 6) is -0.0844. The second-order valence-electron chi connectivity index (χ2n) is 10.5. The highest BCUT2D eigenvalue weighted by Gasteiger charge is 2.31. The van der Waals surface area contributed by atoms with Crippen LogP contribution in [0.15, 0.2) is 60.7 Å². The first-order chi connectivity index (χ1) is 19.9. The van der Waals surface area contributed by atoms with Crippen LogP contribution < -0.4 is 15.5 Å². The van der Waals surface area contributed by atoms with Crippen molar-refractivity contribution in [3.8, 4) is 0 Å². The Morgan fingerprint density at radius 1 is 0.976 bits per heavy atom. The molecule has 1 aromatic heterocycles. The van der Waals surface area contributed by atoms with Gasteiger partial charge in [-0.1, -0.05) is 36.4 Å². The molecule has 0 saturated carbocycles. The Hall–Kier alpha value is -4.54. The number of carbonyl (C=O) groups is 3. The molecule has 210 valence electrons. The van der Waals surface area contributed by atoms with Crippen molar-refractivity contribution in [3.63, 3.8) is 0 Å². The molecule has 3 aliphatic heterocycles. The van der Waals surface area contributed by atoms with E-state index in [1.54, 1.807) is 18.2 Å². The Kier molecular flexibility index (Phi) is 7.25. The number of ether oxygens (including phenoxy) is 1. The van der Waals surface area contributed by atoms with E-state index in [2.05, 4.69) is 27.5 Å². The van der Waals surface area contributed by atoms with E-state index in [0.29, 0.717) is 53.4 Å². The number of nitrogens with zero attached hydrogens (tertiary/aromatic N) is 4. The van der Waals surface area contributed by atoms with Crippen molar-refractivity contribution in [1.82, 2.24) is 14.8 Å². The lowest BCUT2D eigenvalue weighted by molar-refractivity contribution is -0.120. The molecule has 3 aliphatic rings. The van der Waals surface area contributed by atoms with Crippen molar-refractivity contribution >= 4 is 46.2 Å². The maximum Gasteiger partial charge on any atom is 0.337 e. The van der Waals surface area contributed by atoms with Crippen LogP contribution in [0.2, 0.25) is 0 Å². The Labute approximate surface area is 238 Å². The van der Waals surface area contributed by atoms with Crippen LogP contribution in [0.5, 0.6) is 0 Å². The molecule has 6 rings (SSSR count). The molecule has 0 unspecified atom stereocenters. The van der Waals surface area contributed by atoms with E-state index in [0.717, 1.165) is 43.1 Å². The molecule has 41 heavy (non-hydrogen) atoms. The van der Waals surface area contributed by atoms with Gasteiger partial charge in [0.25, 0.3) is 5.91 Å². The third-order valence-corrected chi connectivity index (χ3v) is 7.82. The van der Waals surface area contributed by atoms with Gasteiger partial charge in [0.15, 0.2) is 0 Å². The number of fused-ring (bicyclic) bond motifs is 2. The van der Waals surface area contributed by atoms with Crippen LogP contribution in [-0.4, -0.2) is 86.0 Å². The monoisotopic (exact) mass is 552 g/mol. The maximum absolute atomic E-state index is 13.3. The number of rotatable bonds is 6. The third-order valence-electron chi connectivity index (χ3n) is 7.82. The zero-order valence-electron chi connectivity index (χ0n) is 23.1. The van der Waals surface area contributed by atoms with Gasteiger partial charge in [0.1, 0.15) is 5.82 Å². The minimum absolute atomic E-state index is 0.0912. The van der Waals surface area contributed by atoms with E-state index < -0.39 is 5.97 Å². The molecule has 2 N–H and O–H groups in total. The third kappa shape index (κ3) is 5.31. The number of amides is 2. The first kappa shape index (κ1) is 26.7. The molecule has 1 fully saturated rings. The number of esters is 1. The van der Waals surface area contributed by atoms with E-state index >= 15 is 0 Å². The normalized spacial score (nSPS) is 18.0. The Balaban J connectivity index is 1.29. The van der Waals surface area contributed by atoms with Gasteiger partial charge in [-0.3, -0.25) is 14.5 Å². The summed E-state index contributed by atoms with van der Waals surface area (Å²) in [6.45, 7) is 4.72. The van der Waals surface area contributed by atoms with Crippen LogP contribution in [0.1, 0.15) is 27.2 Å². The second-order valence-corrected chi connectivity index (χ2v) is 10.5. The Bertz CT molecular complexity index is 1550. The number of likely N-dealkylation sites (N-methyl/N-ethyl adjacent to an activating group) is 1. The summed E-state index contributed by atoms with van der Waals surface area (Å²) in [5, 5.41) is 6.28. The number of hydrogen-bond donors (Lipinski definition) is 2. The number of nitrogens with one attached hydrogen (secondary N) is 2. The van der Waals surface area contributed by atoms with E-state index in [1.165, 1.54) is 7.11 Å². The lowest BCUT2D eigenvalue weighted by Crippen LogP contribution is -2.48. The minimum atomic E-state index is -0.473. The standard InChI is InChI=1S/C31H32N6O4/c1-35-14-16-36(17-15-35)19-27(38)37-13-12-23-25(37)10-11-26(32-23)34-29(20-6-4-3-5-7-20)28-22-9-8-21(31(40)41-2)18-24(22)33-30(28)39/h3-11,18H,12-17,19H2,1-2H3,(H,32,34)(H,33,39)/b29-28-. The van der Waals surface area contributed by atoms with Crippen molar-refractivity contribution in [3.05, 3.63) is 83.0 Å². The second kappa shape index (κ2) is 11.1. The fourth-order valence-electron chi connectivity index (χ4n) is 5.55. The molecule has 10 nitrogen and oxygen atoms in total. The molecule has 0 spiro atoms. The number of anilines is 3. The van der Waals surface area contributed by atoms with Gasteiger partial charge < -0.3 is 25.2 Å². The average Bonchev–Trinajstić information content (AvgIpc) is 3.56. The number of piperazine rings is 1. The summed E-state index contributed by atoms with van der Waals surface area (Å²) >= 11 is 0. The topological polar surface area (TPSA) is 107 Å². The Morgan fingerprint density at radius 3 is 2.51 bits per heavy atom.